The summed E-state index contributed by atoms with van der Waals surface area (Å²) in [4.78, 5) is 12.8. The third kappa shape index (κ3) is 2.72. The summed E-state index contributed by atoms with van der Waals surface area (Å²) in [5, 5.41) is 18.7. The zero-order valence-corrected chi connectivity index (χ0v) is 14.2. The van der Waals surface area contributed by atoms with Crippen molar-refractivity contribution in [3.05, 3.63) is 29.1 Å². The Balaban J connectivity index is 1.52. The van der Waals surface area contributed by atoms with Crippen LogP contribution in [0.15, 0.2) is 6.33 Å². The van der Waals surface area contributed by atoms with Crippen molar-refractivity contribution in [2.24, 2.45) is 0 Å². The first kappa shape index (κ1) is 15.4. The second kappa shape index (κ2) is 6.03. The molecule has 2 aromatic heterocycles. The lowest BCUT2D eigenvalue weighted by Gasteiger charge is -2.19. The lowest BCUT2D eigenvalue weighted by Crippen LogP contribution is -2.30. The van der Waals surface area contributed by atoms with Gasteiger partial charge in [-0.1, -0.05) is 12.8 Å². The highest BCUT2D eigenvalue weighted by atomic mass is 16.1. The average Bonchev–Trinajstić information content (AvgIpc) is 2.98. The maximum atomic E-state index is 12.8. The Kier molecular flexibility index (Phi) is 3.86. The zero-order chi connectivity index (χ0) is 16.7. The Bertz CT molecular complexity index is 738. The highest BCUT2D eigenvalue weighted by Crippen LogP contribution is 2.41. The first-order chi connectivity index (χ1) is 11.6. The van der Waals surface area contributed by atoms with Crippen molar-refractivity contribution >= 4 is 5.91 Å². The standard InChI is InChI=1S/C17H24N6O/c1-10-14(15(21-20-10)12-7-8-12)17(24)19-11(2)16-22-18-9-23(16)13-5-3-4-6-13/h9,11-13H,3-8H2,1-2H3,(H,19,24)(H,20,21)/t11-/m0/s1. The number of hydrogen-bond acceptors (Lipinski definition) is 4. The van der Waals surface area contributed by atoms with E-state index in [0.717, 1.165) is 30.1 Å². The molecule has 2 N–H and O–H groups in total. The molecule has 7 heteroatoms. The van der Waals surface area contributed by atoms with Gasteiger partial charge >= 0.3 is 0 Å². The number of carbonyl (C=O) groups is 1. The average molecular weight is 328 g/mol. The summed E-state index contributed by atoms with van der Waals surface area (Å²) < 4.78 is 2.14. The third-order valence-electron chi connectivity index (χ3n) is 5.22. The van der Waals surface area contributed by atoms with E-state index in [2.05, 4.69) is 30.3 Å². The second-order valence-corrected chi connectivity index (χ2v) is 7.11. The van der Waals surface area contributed by atoms with E-state index in [1.807, 2.05) is 13.8 Å². The summed E-state index contributed by atoms with van der Waals surface area (Å²) in [6, 6.07) is 0.286. The highest BCUT2D eigenvalue weighted by molar-refractivity contribution is 5.96. The summed E-state index contributed by atoms with van der Waals surface area (Å²) in [6.45, 7) is 3.87. The molecule has 2 aliphatic carbocycles. The Morgan fingerprint density at radius 2 is 2.08 bits per heavy atom. The predicted octanol–water partition coefficient (Wildman–Crippen LogP) is 2.79. The number of hydrogen-bond donors (Lipinski definition) is 2. The second-order valence-electron chi connectivity index (χ2n) is 7.11. The Morgan fingerprint density at radius 3 is 2.79 bits per heavy atom. The van der Waals surface area contributed by atoms with Gasteiger partial charge in [-0.25, -0.2) is 0 Å². The van der Waals surface area contributed by atoms with Gasteiger partial charge in [0.1, 0.15) is 6.33 Å². The molecular formula is C17H24N6O. The molecule has 24 heavy (non-hydrogen) atoms. The first-order valence-electron chi connectivity index (χ1n) is 8.90. The summed E-state index contributed by atoms with van der Waals surface area (Å²) in [5.41, 5.74) is 2.45. The van der Waals surface area contributed by atoms with Crippen molar-refractivity contribution in [1.82, 2.24) is 30.3 Å². The molecule has 0 saturated heterocycles. The molecule has 1 amide bonds. The minimum atomic E-state index is -0.179. The highest BCUT2D eigenvalue weighted by Gasteiger charge is 2.33. The molecule has 0 radical (unpaired) electrons. The van der Waals surface area contributed by atoms with Crippen LogP contribution in [-0.4, -0.2) is 30.9 Å². The largest absolute Gasteiger partial charge is 0.342 e. The van der Waals surface area contributed by atoms with E-state index in [1.54, 1.807) is 6.33 Å². The Hall–Kier alpha value is -2.18. The number of aromatic nitrogens is 5. The minimum absolute atomic E-state index is 0.0726. The van der Waals surface area contributed by atoms with Gasteiger partial charge in [0.2, 0.25) is 0 Å². The molecule has 0 bridgehead atoms. The molecule has 7 nitrogen and oxygen atoms in total. The van der Waals surface area contributed by atoms with Crippen molar-refractivity contribution in [3.63, 3.8) is 0 Å². The van der Waals surface area contributed by atoms with E-state index < -0.39 is 0 Å². The van der Waals surface area contributed by atoms with E-state index >= 15 is 0 Å². The number of nitrogens with one attached hydrogen (secondary N) is 2. The Labute approximate surface area is 141 Å². The van der Waals surface area contributed by atoms with E-state index in [9.17, 15) is 4.79 Å². The van der Waals surface area contributed by atoms with Gasteiger partial charge < -0.3 is 9.88 Å². The molecule has 2 aromatic rings. The SMILES string of the molecule is Cc1[nH]nc(C2CC2)c1C(=O)N[C@@H](C)c1nncn1C1CCCC1. The normalized spacial score (nSPS) is 19.6. The maximum Gasteiger partial charge on any atom is 0.255 e. The molecular weight excluding hydrogens is 304 g/mol. The van der Waals surface area contributed by atoms with Crippen molar-refractivity contribution in [1.29, 1.82) is 0 Å². The zero-order valence-electron chi connectivity index (χ0n) is 14.2. The maximum absolute atomic E-state index is 12.8. The van der Waals surface area contributed by atoms with Gasteiger partial charge in [-0.15, -0.1) is 10.2 Å². The van der Waals surface area contributed by atoms with Crippen LogP contribution in [0.2, 0.25) is 0 Å². The topological polar surface area (TPSA) is 88.5 Å². The van der Waals surface area contributed by atoms with E-state index in [0.29, 0.717) is 17.5 Å². The monoisotopic (exact) mass is 328 g/mol. The summed E-state index contributed by atoms with van der Waals surface area (Å²) in [6.07, 6.45) is 8.87. The lowest BCUT2D eigenvalue weighted by molar-refractivity contribution is 0.0935. The number of amides is 1. The Morgan fingerprint density at radius 1 is 1.33 bits per heavy atom. The van der Waals surface area contributed by atoms with E-state index in [-0.39, 0.29) is 11.9 Å². The smallest absolute Gasteiger partial charge is 0.255 e. The molecule has 0 spiro atoms. The van der Waals surface area contributed by atoms with Crippen LogP contribution in [0.25, 0.3) is 0 Å². The van der Waals surface area contributed by atoms with Crippen molar-refractivity contribution in [3.8, 4) is 0 Å². The van der Waals surface area contributed by atoms with Gasteiger partial charge in [-0.2, -0.15) is 5.10 Å². The van der Waals surface area contributed by atoms with Gasteiger partial charge in [-0.3, -0.25) is 9.89 Å². The van der Waals surface area contributed by atoms with Crippen molar-refractivity contribution in [2.45, 2.75) is 70.4 Å². The number of nitrogens with zero attached hydrogens (tertiary/aromatic N) is 4. The van der Waals surface area contributed by atoms with Crippen LogP contribution in [0.4, 0.5) is 0 Å². The minimum Gasteiger partial charge on any atom is -0.342 e. The van der Waals surface area contributed by atoms with Crippen molar-refractivity contribution in [2.75, 3.05) is 0 Å². The third-order valence-corrected chi connectivity index (χ3v) is 5.22. The molecule has 2 saturated carbocycles. The summed E-state index contributed by atoms with van der Waals surface area (Å²) in [7, 11) is 0. The van der Waals surface area contributed by atoms with Crippen LogP contribution in [0.1, 0.15) is 91.0 Å². The van der Waals surface area contributed by atoms with Crippen LogP contribution in [-0.2, 0) is 0 Å². The molecule has 2 fully saturated rings. The molecule has 0 aliphatic heterocycles. The number of rotatable bonds is 5. The number of H-pyrrole nitrogens is 1. The van der Waals surface area contributed by atoms with E-state index in [4.69, 9.17) is 0 Å². The van der Waals surface area contributed by atoms with Crippen LogP contribution < -0.4 is 5.32 Å². The summed E-state index contributed by atoms with van der Waals surface area (Å²) in [5.74, 6) is 1.20. The van der Waals surface area contributed by atoms with Gasteiger partial charge in [0.15, 0.2) is 5.82 Å². The molecule has 128 valence electrons. The van der Waals surface area contributed by atoms with Crippen LogP contribution >= 0.6 is 0 Å². The molecule has 2 aliphatic rings. The van der Waals surface area contributed by atoms with Crippen LogP contribution in [0.3, 0.4) is 0 Å². The van der Waals surface area contributed by atoms with Crippen LogP contribution in [0, 0.1) is 6.92 Å². The fourth-order valence-electron chi connectivity index (χ4n) is 3.75. The predicted molar refractivity (Wildman–Crippen MR) is 88.7 cm³/mol. The van der Waals surface area contributed by atoms with Crippen molar-refractivity contribution < 1.29 is 4.79 Å². The summed E-state index contributed by atoms with van der Waals surface area (Å²) >= 11 is 0. The van der Waals surface area contributed by atoms with Gasteiger partial charge in [-0.05, 0) is 39.5 Å². The molecule has 4 rings (SSSR count). The number of carbonyl (C=O) groups excluding carboxylic acids is 1. The molecule has 0 aromatic carbocycles. The molecule has 2 heterocycles. The van der Waals surface area contributed by atoms with Gasteiger partial charge in [0.05, 0.1) is 17.3 Å². The number of aromatic amines is 1. The molecule has 1 atom stereocenters. The fraction of sp³-hybridized carbons (Fsp3) is 0.647. The lowest BCUT2D eigenvalue weighted by atomic mass is 10.1. The van der Waals surface area contributed by atoms with Gasteiger partial charge in [0, 0.05) is 17.7 Å². The molecule has 0 unspecified atom stereocenters. The van der Waals surface area contributed by atoms with E-state index in [1.165, 1.54) is 25.7 Å². The quantitative estimate of drug-likeness (QED) is 0.883. The fourth-order valence-corrected chi connectivity index (χ4v) is 3.75. The van der Waals surface area contributed by atoms with Crippen LogP contribution in [0.5, 0.6) is 0 Å². The van der Waals surface area contributed by atoms with Gasteiger partial charge in [0.25, 0.3) is 5.91 Å². The number of aryl methyl sites for hydroxylation is 1. The first-order valence-corrected chi connectivity index (χ1v) is 8.90.